The third kappa shape index (κ3) is 5.18. The van der Waals surface area contributed by atoms with Gasteiger partial charge < -0.3 is 5.32 Å². The van der Waals surface area contributed by atoms with Crippen molar-refractivity contribution in [1.82, 2.24) is 9.97 Å². The molecular weight excluding hydrogens is 535 g/mol. The first-order chi connectivity index (χ1) is 17.7. The lowest BCUT2D eigenvalue weighted by Gasteiger charge is -2.31. The summed E-state index contributed by atoms with van der Waals surface area (Å²) in [5.74, 6) is -0.864. The molecule has 3 aromatic carbocycles. The molecule has 1 aliphatic heterocycles. The molecule has 11 heteroatoms. The Bertz CT molecular complexity index is 1620. The van der Waals surface area contributed by atoms with Crippen molar-refractivity contribution in [2.45, 2.75) is 23.5 Å². The zero-order valence-corrected chi connectivity index (χ0v) is 21.9. The van der Waals surface area contributed by atoms with E-state index >= 15 is 0 Å². The van der Waals surface area contributed by atoms with E-state index in [9.17, 15) is 17.6 Å². The van der Waals surface area contributed by atoms with E-state index in [1.165, 1.54) is 22.6 Å². The van der Waals surface area contributed by atoms with Gasteiger partial charge in [-0.05, 0) is 48.4 Å². The van der Waals surface area contributed by atoms with E-state index in [2.05, 4.69) is 15.3 Å². The van der Waals surface area contributed by atoms with Crippen LogP contribution in [0.2, 0.25) is 5.02 Å². The highest BCUT2D eigenvalue weighted by atomic mass is 35.5. The van der Waals surface area contributed by atoms with Gasteiger partial charge in [-0.1, -0.05) is 59.8 Å². The molecule has 0 spiro atoms. The molecule has 1 N–H and O–H groups in total. The molecule has 0 atom stereocenters. The summed E-state index contributed by atoms with van der Waals surface area (Å²) in [6.45, 7) is 1.88. The summed E-state index contributed by atoms with van der Waals surface area (Å²) in [5.41, 5.74) is 3.17. The van der Waals surface area contributed by atoms with Crippen LogP contribution in [0.1, 0.15) is 11.1 Å². The van der Waals surface area contributed by atoms with Gasteiger partial charge in [-0.15, -0.1) is 0 Å². The third-order valence-corrected chi connectivity index (χ3v) is 8.62. The van der Waals surface area contributed by atoms with Crippen molar-refractivity contribution >= 4 is 50.7 Å². The molecular formula is C26H20ClFN4O3S2. The smallest absolute Gasteiger partial charge is 0.268 e. The molecule has 7 nitrogen and oxygen atoms in total. The zero-order chi connectivity index (χ0) is 26.2. The molecule has 1 aliphatic rings. The average molecular weight is 555 g/mol. The Morgan fingerprint density at radius 1 is 1.11 bits per heavy atom. The van der Waals surface area contributed by atoms with Gasteiger partial charge in [0, 0.05) is 16.3 Å². The highest BCUT2D eigenvalue weighted by Crippen LogP contribution is 2.44. The number of carbonyl (C=O) groups is 1. The maximum atomic E-state index is 13.6. The van der Waals surface area contributed by atoms with Crippen LogP contribution < -0.4 is 9.62 Å². The molecule has 0 radical (unpaired) electrons. The number of fused-ring (bicyclic) bond motifs is 3. The fraction of sp³-hybridized carbons (Fsp3) is 0.115. The number of amides is 1. The minimum absolute atomic E-state index is 0.0255. The van der Waals surface area contributed by atoms with Crippen LogP contribution in [0.4, 0.5) is 15.8 Å². The van der Waals surface area contributed by atoms with Crippen LogP contribution in [0, 0.1) is 12.7 Å². The second-order valence-corrected chi connectivity index (χ2v) is 11.5. The molecule has 5 rings (SSSR count). The quantitative estimate of drug-likeness (QED) is 0.243. The van der Waals surface area contributed by atoms with Crippen molar-refractivity contribution in [2.75, 3.05) is 15.4 Å². The van der Waals surface area contributed by atoms with Crippen molar-refractivity contribution in [1.29, 1.82) is 0 Å². The number of thioether (sulfide) groups is 1. The summed E-state index contributed by atoms with van der Waals surface area (Å²) < 4.78 is 42.1. The number of anilines is 2. The van der Waals surface area contributed by atoms with Gasteiger partial charge in [-0.3, -0.25) is 9.10 Å². The fourth-order valence-electron chi connectivity index (χ4n) is 3.93. The van der Waals surface area contributed by atoms with Crippen LogP contribution >= 0.6 is 23.4 Å². The van der Waals surface area contributed by atoms with Crippen molar-refractivity contribution in [2.24, 2.45) is 0 Å². The number of aromatic nitrogens is 2. The number of hydrogen-bond donors (Lipinski definition) is 1. The third-order valence-electron chi connectivity index (χ3n) is 5.76. The van der Waals surface area contributed by atoms with E-state index < -0.39 is 15.8 Å². The number of sulfonamides is 1. The first-order valence-electron chi connectivity index (χ1n) is 11.1. The van der Waals surface area contributed by atoms with E-state index in [0.29, 0.717) is 22.0 Å². The van der Waals surface area contributed by atoms with Crippen LogP contribution in [0.3, 0.4) is 0 Å². The van der Waals surface area contributed by atoms with E-state index in [1.807, 2.05) is 30.3 Å². The monoisotopic (exact) mass is 554 g/mol. The van der Waals surface area contributed by atoms with Gasteiger partial charge in [0.2, 0.25) is 5.91 Å². The highest BCUT2D eigenvalue weighted by molar-refractivity contribution is 7.99. The van der Waals surface area contributed by atoms with Gasteiger partial charge in [0.25, 0.3) is 10.0 Å². The molecule has 0 fully saturated rings. The van der Waals surface area contributed by atoms with Crippen molar-refractivity contribution in [3.05, 3.63) is 94.9 Å². The molecule has 4 aromatic rings. The molecule has 1 amide bonds. The van der Waals surface area contributed by atoms with Crippen LogP contribution in [-0.2, 0) is 21.4 Å². The topological polar surface area (TPSA) is 92.3 Å². The van der Waals surface area contributed by atoms with Gasteiger partial charge in [0.1, 0.15) is 10.7 Å². The van der Waals surface area contributed by atoms with E-state index in [1.54, 1.807) is 31.2 Å². The first-order valence-corrected chi connectivity index (χ1v) is 13.9. The molecule has 188 valence electrons. The Morgan fingerprint density at radius 3 is 2.68 bits per heavy atom. The number of rotatable bonds is 6. The first kappa shape index (κ1) is 25.2. The molecule has 0 saturated carbocycles. The minimum atomic E-state index is -3.98. The lowest BCUT2D eigenvalue weighted by molar-refractivity contribution is -0.113. The van der Waals surface area contributed by atoms with E-state index in [4.69, 9.17) is 11.6 Å². The second-order valence-electron chi connectivity index (χ2n) is 8.32. The summed E-state index contributed by atoms with van der Waals surface area (Å²) in [4.78, 5) is 21.1. The summed E-state index contributed by atoms with van der Waals surface area (Å²) in [7, 11) is -3.98. The average Bonchev–Trinajstić information content (AvgIpc) is 2.88. The standard InChI is InChI=1S/C26H20ClFN4O3S2/c1-16-7-9-19(28)12-21(16)30-24(33)15-36-26-29-13-23-25(31-26)20-10-8-18(27)11-22(20)32(37(23,34)35)14-17-5-3-2-4-6-17/h2-13H,14-15H2,1H3,(H,30,33). The lowest BCUT2D eigenvalue weighted by Crippen LogP contribution is -2.34. The highest BCUT2D eigenvalue weighted by Gasteiger charge is 2.37. The van der Waals surface area contributed by atoms with Crippen LogP contribution in [0.15, 0.2) is 83.0 Å². The Kier molecular flexibility index (Phi) is 6.89. The number of benzene rings is 3. The van der Waals surface area contributed by atoms with Gasteiger partial charge in [-0.2, -0.15) is 0 Å². The second kappa shape index (κ2) is 10.1. The number of aryl methyl sites for hydroxylation is 1. The summed E-state index contributed by atoms with van der Waals surface area (Å²) in [6.07, 6.45) is 1.27. The molecule has 0 saturated heterocycles. The van der Waals surface area contributed by atoms with E-state index in [-0.39, 0.29) is 34.0 Å². The Hall–Kier alpha value is -3.47. The number of nitrogens with zero attached hydrogens (tertiary/aromatic N) is 3. The summed E-state index contributed by atoms with van der Waals surface area (Å²) in [6, 6.07) is 18.4. The van der Waals surface area contributed by atoms with Crippen molar-refractivity contribution in [3.63, 3.8) is 0 Å². The van der Waals surface area contributed by atoms with Crippen LogP contribution in [-0.4, -0.2) is 30.0 Å². The Balaban J connectivity index is 1.43. The van der Waals surface area contributed by atoms with Crippen molar-refractivity contribution in [3.8, 4) is 11.3 Å². The van der Waals surface area contributed by atoms with Crippen LogP contribution in [0.5, 0.6) is 0 Å². The zero-order valence-electron chi connectivity index (χ0n) is 19.5. The minimum Gasteiger partial charge on any atom is -0.325 e. The number of nitrogens with one attached hydrogen (secondary N) is 1. The lowest BCUT2D eigenvalue weighted by atomic mass is 10.1. The maximum absolute atomic E-state index is 13.6. The summed E-state index contributed by atoms with van der Waals surface area (Å²) in [5, 5.41) is 3.30. The van der Waals surface area contributed by atoms with Gasteiger partial charge in [0.15, 0.2) is 5.16 Å². The normalized spacial score (nSPS) is 13.5. The molecule has 0 bridgehead atoms. The van der Waals surface area contributed by atoms with Gasteiger partial charge >= 0.3 is 0 Å². The number of carbonyl (C=O) groups excluding carboxylic acids is 1. The van der Waals surface area contributed by atoms with E-state index in [0.717, 1.165) is 22.9 Å². The fourth-order valence-corrected chi connectivity index (χ4v) is 6.26. The largest absolute Gasteiger partial charge is 0.325 e. The molecule has 0 unspecified atom stereocenters. The Labute approximate surface area is 222 Å². The predicted molar refractivity (Wildman–Crippen MR) is 143 cm³/mol. The molecule has 0 aliphatic carbocycles. The van der Waals surface area contributed by atoms with Gasteiger partial charge in [0.05, 0.1) is 29.9 Å². The summed E-state index contributed by atoms with van der Waals surface area (Å²) >= 11 is 7.29. The van der Waals surface area contributed by atoms with Gasteiger partial charge in [-0.25, -0.2) is 22.8 Å². The molecule has 37 heavy (non-hydrogen) atoms. The van der Waals surface area contributed by atoms with Crippen molar-refractivity contribution < 1.29 is 17.6 Å². The number of hydrogen-bond acceptors (Lipinski definition) is 6. The van der Waals surface area contributed by atoms with Crippen LogP contribution in [0.25, 0.3) is 11.3 Å². The molecule has 2 heterocycles. The maximum Gasteiger partial charge on any atom is 0.268 e. The SMILES string of the molecule is Cc1ccc(F)cc1NC(=O)CSc1ncc2c(n1)-c1ccc(Cl)cc1N(Cc1ccccc1)S2(=O)=O. The number of halogens is 2. The predicted octanol–water partition coefficient (Wildman–Crippen LogP) is 5.68. The molecule has 1 aromatic heterocycles. The Morgan fingerprint density at radius 2 is 1.89 bits per heavy atom.